The van der Waals surface area contributed by atoms with E-state index in [1.807, 2.05) is 67.6 Å². The number of amides is 2. The summed E-state index contributed by atoms with van der Waals surface area (Å²) in [5, 5.41) is 15.4. The SMILES string of the molecule is CCCCN([C@H](CO)CCC(F)CNC(=O)[C@@H](NC(=O)OC)C(c1ccccc1)c1ccccc1)S(=O)(=O)c1ccc(N)cc1. The number of nitrogens with one attached hydrogen (secondary N) is 2. The van der Waals surface area contributed by atoms with Crippen molar-refractivity contribution in [2.24, 2.45) is 0 Å². The lowest BCUT2D eigenvalue weighted by molar-refractivity contribution is -0.123. The van der Waals surface area contributed by atoms with Crippen molar-refractivity contribution in [1.82, 2.24) is 14.9 Å². The molecule has 0 spiro atoms. The highest BCUT2D eigenvalue weighted by atomic mass is 32.2. The number of methoxy groups -OCH3 is 1. The molecule has 3 rings (SSSR count). The van der Waals surface area contributed by atoms with Crippen LogP contribution in [0.25, 0.3) is 0 Å². The van der Waals surface area contributed by atoms with E-state index in [-0.39, 0.29) is 30.8 Å². The molecule has 12 heteroatoms. The number of alkyl carbamates (subject to hydrolysis) is 1. The second-order valence-electron chi connectivity index (χ2n) is 10.7. The molecule has 0 saturated carbocycles. The lowest BCUT2D eigenvalue weighted by Crippen LogP contribution is -2.51. The number of hydrogen-bond donors (Lipinski definition) is 4. The van der Waals surface area contributed by atoms with Gasteiger partial charge in [-0.05, 0) is 54.7 Å². The number of rotatable bonds is 17. The second kappa shape index (κ2) is 17.5. The summed E-state index contributed by atoms with van der Waals surface area (Å²) in [6, 6.07) is 22.1. The molecular formula is C33H43FN4O6S. The molecule has 0 aromatic heterocycles. The van der Waals surface area contributed by atoms with Gasteiger partial charge in [0.05, 0.1) is 18.6 Å². The summed E-state index contributed by atoms with van der Waals surface area (Å²) in [7, 11) is -2.80. The molecule has 1 unspecified atom stereocenters. The topological polar surface area (TPSA) is 151 Å². The highest BCUT2D eigenvalue weighted by molar-refractivity contribution is 7.89. The van der Waals surface area contributed by atoms with Crippen LogP contribution in [-0.4, -0.2) is 74.9 Å². The van der Waals surface area contributed by atoms with Crippen LogP contribution in [0.4, 0.5) is 14.9 Å². The second-order valence-corrected chi connectivity index (χ2v) is 12.6. The van der Waals surface area contributed by atoms with Crippen molar-refractivity contribution in [3.63, 3.8) is 0 Å². The Hall–Kier alpha value is -4.00. The van der Waals surface area contributed by atoms with Crippen LogP contribution in [0.2, 0.25) is 0 Å². The largest absolute Gasteiger partial charge is 0.453 e. The fraction of sp³-hybridized carbons (Fsp3) is 0.394. The van der Waals surface area contributed by atoms with Crippen molar-refractivity contribution < 1.29 is 32.2 Å². The van der Waals surface area contributed by atoms with Gasteiger partial charge >= 0.3 is 6.09 Å². The molecule has 3 aromatic rings. The highest BCUT2D eigenvalue weighted by Gasteiger charge is 2.34. The average molecular weight is 643 g/mol. The van der Waals surface area contributed by atoms with Crippen LogP contribution in [0, 0.1) is 0 Å². The van der Waals surface area contributed by atoms with E-state index < -0.39 is 52.8 Å². The minimum absolute atomic E-state index is 0.0198. The van der Waals surface area contributed by atoms with Crippen LogP contribution >= 0.6 is 0 Å². The molecule has 0 saturated heterocycles. The summed E-state index contributed by atoms with van der Waals surface area (Å²) < 4.78 is 48.2. The van der Waals surface area contributed by atoms with Crippen molar-refractivity contribution in [3.05, 3.63) is 96.1 Å². The number of nitrogen functional groups attached to an aromatic ring is 1. The zero-order chi connectivity index (χ0) is 32.8. The molecule has 3 aromatic carbocycles. The Morgan fingerprint density at radius 1 is 0.956 bits per heavy atom. The quantitative estimate of drug-likeness (QED) is 0.161. The summed E-state index contributed by atoms with van der Waals surface area (Å²) in [5.74, 6) is -1.22. The number of carbonyl (C=O) groups is 2. The summed E-state index contributed by atoms with van der Waals surface area (Å²) in [6.45, 7) is 1.19. The number of carbonyl (C=O) groups excluding carboxylic acids is 2. The molecule has 0 heterocycles. The maximum atomic E-state index is 15.3. The highest BCUT2D eigenvalue weighted by Crippen LogP contribution is 2.29. The third-order valence-electron chi connectivity index (χ3n) is 7.54. The molecule has 0 fully saturated rings. The van der Waals surface area contributed by atoms with E-state index in [4.69, 9.17) is 10.5 Å². The predicted molar refractivity (Wildman–Crippen MR) is 172 cm³/mol. The molecule has 2 amide bonds. The Morgan fingerprint density at radius 3 is 2.04 bits per heavy atom. The lowest BCUT2D eigenvalue weighted by Gasteiger charge is -2.30. The van der Waals surface area contributed by atoms with Gasteiger partial charge in [-0.25, -0.2) is 17.6 Å². The minimum atomic E-state index is -3.99. The molecule has 10 nitrogen and oxygen atoms in total. The molecular weight excluding hydrogens is 599 g/mol. The number of alkyl halides is 1. The van der Waals surface area contributed by atoms with Crippen molar-refractivity contribution >= 4 is 27.7 Å². The van der Waals surface area contributed by atoms with Gasteiger partial charge < -0.3 is 26.2 Å². The van der Waals surface area contributed by atoms with Crippen LogP contribution < -0.4 is 16.4 Å². The van der Waals surface area contributed by atoms with Crippen molar-refractivity contribution in [1.29, 1.82) is 0 Å². The fourth-order valence-electron chi connectivity index (χ4n) is 5.10. The van der Waals surface area contributed by atoms with Crippen LogP contribution in [0.15, 0.2) is 89.8 Å². The number of nitrogens with two attached hydrogens (primary N) is 1. The molecule has 5 N–H and O–H groups in total. The van der Waals surface area contributed by atoms with Crippen molar-refractivity contribution in [2.45, 2.75) is 61.7 Å². The first-order valence-electron chi connectivity index (χ1n) is 15.0. The third-order valence-corrected chi connectivity index (χ3v) is 9.51. The number of benzene rings is 3. The zero-order valence-electron chi connectivity index (χ0n) is 25.6. The summed E-state index contributed by atoms with van der Waals surface area (Å²) >= 11 is 0. The van der Waals surface area contributed by atoms with Crippen molar-refractivity contribution in [2.75, 3.05) is 32.5 Å². The molecule has 0 aliphatic rings. The number of anilines is 1. The van der Waals surface area contributed by atoms with Crippen molar-refractivity contribution in [3.8, 4) is 0 Å². The summed E-state index contributed by atoms with van der Waals surface area (Å²) in [6.07, 6.45) is -1.20. The minimum Gasteiger partial charge on any atom is -0.453 e. The normalized spacial score (nSPS) is 13.6. The van der Waals surface area contributed by atoms with Gasteiger partial charge in [0.25, 0.3) is 0 Å². The van der Waals surface area contributed by atoms with E-state index >= 15 is 4.39 Å². The number of aliphatic hydroxyl groups excluding tert-OH is 1. The van der Waals surface area contributed by atoms with Gasteiger partial charge in [-0.3, -0.25) is 4.79 Å². The zero-order valence-corrected chi connectivity index (χ0v) is 26.5. The molecule has 244 valence electrons. The number of aliphatic hydroxyl groups is 1. The van der Waals surface area contributed by atoms with Crippen LogP contribution in [0.1, 0.15) is 49.7 Å². The van der Waals surface area contributed by atoms with E-state index in [9.17, 15) is 23.1 Å². The Bertz CT molecular complexity index is 1410. The van der Waals surface area contributed by atoms with E-state index in [0.29, 0.717) is 12.1 Å². The number of halogens is 1. The molecule has 0 radical (unpaired) electrons. The van der Waals surface area contributed by atoms with Gasteiger partial charge in [0.15, 0.2) is 0 Å². The Kier molecular flexibility index (Phi) is 13.8. The number of ether oxygens (including phenoxy) is 1. The molecule has 0 aliphatic heterocycles. The average Bonchev–Trinajstić information content (AvgIpc) is 3.05. The number of hydrogen-bond acceptors (Lipinski definition) is 7. The van der Waals surface area contributed by atoms with Gasteiger partial charge in [-0.15, -0.1) is 0 Å². The van der Waals surface area contributed by atoms with Gasteiger partial charge in [0, 0.05) is 30.7 Å². The van der Waals surface area contributed by atoms with Crippen LogP contribution in [0.5, 0.6) is 0 Å². The fourth-order valence-corrected chi connectivity index (χ4v) is 6.78. The first kappa shape index (κ1) is 35.5. The summed E-state index contributed by atoms with van der Waals surface area (Å²) in [5.41, 5.74) is 7.66. The maximum Gasteiger partial charge on any atom is 0.407 e. The monoisotopic (exact) mass is 642 g/mol. The molecule has 3 atom stereocenters. The summed E-state index contributed by atoms with van der Waals surface area (Å²) in [4.78, 5) is 25.9. The van der Waals surface area contributed by atoms with Gasteiger partial charge in [-0.2, -0.15) is 4.31 Å². The van der Waals surface area contributed by atoms with Gasteiger partial charge in [0.1, 0.15) is 12.2 Å². The number of nitrogens with zero attached hydrogens (tertiary/aromatic N) is 1. The third kappa shape index (κ3) is 10.0. The van der Waals surface area contributed by atoms with Crippen LogP contribution in [-0.2, 0) is 19.6 Å². The van der Waals surface area contributed by atoms with Gasteiger partial charge in [0.2, 0.25) is 15.9 Å². The van der Waals surface area contributed by atoms with Gasteiger partial charge in [-0.1, -0.05) is 74.0 Å². The number of unbranched alkanes of at least 4 members (excludes halogenated alkanes) is 1. The van der Waals surface area contributed by atoms with Crippen LogP contribution in [0.3, 0.4) is 0 Å². The maximum absolute atomic E-state index is 15.3. The standard InChI is InChI=1S/C33H43FN4O6S/c1-3-4-21-38(45(42,43)29-19-16-27(35)17-20-29)28(23-39)18-15-26(34)22-36-32(40)31(37-33(41)44-2)30(24-11-7-5-8-12-24)25-13-9-6-10-14-25/h5-14,16-17,19-20,26,28,30-31,39H,3-4,15,18,21-23,35H2,1-2H3,(H,36,40)(H,37,41)/t26?,28-,31-/m0/s1. The smallest absolute Gasteiger partial charge is 0.407 e. The Labute approximate surface area is 264 Å². The van der Waals surface area contributed by atoms with E-state index in [0.717, 1.165) is 17.5 Å². The lowest BCUT2D eigenvalue weighted by atomic mass is 9.84. The Balaban J connectivity index is 1.74. The number of sulfonamides is 1. The van der Waals surface area contributed by atoms with E-state index in [1.54, 1.807) is 0 Å². The molecule has 0 bridgehead atoms. The van der Waals surface area contributed by atoms with E-state index in [2.05, 4.69) is 10.6 Å². The first-order valence-corrected chi connectivity index (χ1v) is 16.4. The van der Waals surface area contributed by atoms with E-state index in [1.165, 1.54) is 35.7 Å². The predicted octanol–water partition coefficient (Wildman–Crippen LogP) is 4.21. The first-order chi connectivity index (χ1) is 21.6. The molecule has 45 heavy (non-hydrogen) atoms. The molecule has 0 aliphatic carbocycles. The Morgan fingerprint density at radius 2 is 1.53 bits per heavy atom.